The molecule has 2 aromatic carbocycles. The third kappa shape index (κ3) is 5.69. The number of alkyl carbamates (subject to hydrolysis) is 1. The Kier molecular flexibility index (Phi) is 8.17. The van der Waals surface area contributed by atoms with E-state index in [2.05, 4.69) is 5.32 Å². The fraction of sp³-hybridized carbons (Fsp3) is 0.375. The Hall–Kier alpha value is -3.53. The Morgan fingerprint density at radius 1 is 1.00 bits per heavy atom. The highest BCUT2D eigenvalue weighted by atomic mass is 19.3. The van der Waals surface area contributed by atoms with Crippen molar-refractivity contribution in [1.29, 1.82) is 0 Å². The summed E-state index contributed by atoms with van der Waals surface area (Å²) in [6.45, 7) is 1.34. The van der Waals surface area contributed by atoms with Crippen molar-refractivity contribution in [3.63, 3.8) is 0 Å². The van der Waals surface area contributed by atoms with Crippen LogP contribution in [0.1, 0.15) is 30.4 Å². The first kappa shape index (κ1) is 25.1. The summed E-state index contributed by atoms with van der Waals surface area (Å²) in [5.41, 5.74) is 3.97. The van der Waals surface area contributed by atoms with Crippen molar-refractivity contribution in [3.8, 4) is 11.1 Å². The molecule has 1 aliphatic rings. The van der Waals surface area contributed by atoms with Crippen LogP contribution < -0.4 is 10.6 Å². The third-order valence-corrected chi connectivity index (χ3v) is 5.78. The number of carboxylic acids is 1. The van der Waals surface area contributed by atoms with E-state index in [9.17, 15) is 28.3 Å². The van der Waals surface area contributed by atoms with Crippen molar-refractivity contribution in [1.82, 2.24) is 10.6 Å². The van der Waals surface area contributed by atoms with E-state index in [0.29, 0.717) is 0 Å². The number of benzene rings is 2. The largest absolute Gasteiger partial charge is 0.480 e. The molecule has 2 amide bonds. The maximum absolute atomic E-state index is 13.5. The predicted molar refractivity (Wildman–Crippen MR) is 119 cm³/mol. The number of carbonyl (C=O) groups is 3. The monoisotopic (exact) mass is 476 g/mol. The van der Waals surface area contributed by atoms with Gasteiger partial charge in [0.2, 0.25) is 5.91 Å². The Morgan fingerprint density at radius 2 is 1.56 bits per heavy atom. The minimum atomic E-state index is -3.07. The fourth-order valence-corrected chi connectivity index (χ4v) is 3.94. The molecular weight excluding hydrogens is 450 g/mol. The summed E-state index contributed by atoms with van der Waals surface area (Å²) in [5.74, 6) is -2.60. The van der Waals surface area contributed by atoms with Gasteiger partial charge in [0.15, 0.2) is 6.04 Å². The molecule has 0 saturated carbocycles. The van der Waals surface area contributed by atoms with Crippen LogP contribution in [0.2, 0.25) is 0 Å². The zero-order valence-corrected chi connectivity index (χ0v) is 18.7. The Morgan fingerprint density at radius 3 is 2.06 bits per heavy atom. The Balaban J connectivity index is 1.60. The second kappa shape index (κ2) is 11.1. The number of methoxy groups -OCH3 is 1. The molecule has 3 N–H and O–H groups in total. The topological polar surface area (TPSA) is 114 Å². The van der Waals surface area contributed by atoms with Gasteiger partial charge in [-0.15, -0.1) is 0 Å². The minimum Gasteiger partial charge on any atom is -0.480 e. The van der Waals surface area contributed by atoms with Crippen molar-refractivity contribution in [3.05, 3.63) is 59.7 Å². The number of alkyl halides is 2. The highest BCUT2D eigenvalue weighted by molar-refractivity contribution is 5.84. The fourth-order valence-electron chi connectivity index (χ4n) is 3.94. The van der Waals surface area contributed by atoms with E-state index >= 15 is 0 Å². The number of halogens is 2. The molecule has 34 heavy (non-hydrogen) atoms. The summed E-state index contributed by atoms with van der Waals surface area (Å²) in [4.78, 5) is 35.7. The normalized spacial score (nSPS) is 15.1. The zero-order chi connectivity index (χ0) is 24.8. The van der Waals surface area contributed by atoms with Gasteiger partial charge in [-0.05, 0) is 29.2 Å². The molecule has 2 aromatic rings. The molecule has 0 fully saturated rings. The van der Waals surface area contributed by atoms with Crippen LogP contribution in [0.25, 0.3) is 11.1 Å². The van der Waals surface area contributed by atoms with Crippen molar-refractivity contribution in [2.24, 2.45) is 0 Å². The molecule has 0 heterocycles. The number of rotatable bonds is 10. The number of hydrogen-bond acceptors (Lipinski definition) is 5. The van der Waals surface area contributed by atoms with Gasteiger partial charge in [-0.2, -0.15) is 0 Å². The molecule has 10 heteroatoms. The molecule has 0 aliphatic heterocycles. The van der Waals surface area contributed by atoms with Gasteiger partial charge >= 0.3 is 12.1 Å². The first-order chi connectivity index (χ1) is 16.2. The zero-order valence-electron chi connectivity index (χ0n) is 18.7. The van der Waals surface area contributed by atoms with Crippen LogP contribution in [-0.4, -0.2) is 61.4 Å². The van der Waals surface area contributed by atoms with Gasteiger partial charge in [0.25, 0.3) is 6.43 Å². The maximum atomic E-state index is 13.5. The average Bonchev–Trinajstić information content (AvgIpc) is 3.13. The lowest BCUT2D eigenvalue weighted by atomic mass is 9.98. The highest BCUT2D eigenvalue weighted by Crippen LogP contribution is 2.44. The van der Waals surface area contributed by atoms with Crippen molar-refractivity contribution >= 4 is 18.0 Å². The predicted octanol–water partition coefficient (Wildman–Crippen LogP) is 3.15. The Bertz CT molecular complexity index is 1000. The molecule has 0 aromatic heterocycles. The van der Waals surface area contributed by atoms with Gasteiger partial charge < -0.3 is 25.2 Å². The molecule has 0 radical (unpaired) electrons. The number of amides is 2. The van der Waals surface area contributed by atoms with E-state index < -0.39 is 49.0 Å². The van der Waals surface area contributed by atoms with Gasteiger partial charge in [0.1, 0.15) is 12.6 Å². The SMILES string of the molecule is COC(C)C(NC(=O)CC(NC(=O)OCC1c2ccccc2-c2ccccc21)C(F)F)C(=O)O. The molecule has 182 valence electrons. The number of carbonyl (C=O) groups excluding carboxylic acids is 2. The van der Waals surface area contributed by atoms with Gasteiger partial charge in [-0.1, -0.05) is 48.5 Å². The second-order valence-corrected chi connectivity index (χ2v) is 7.94. The van der Waals surface area contributed by atoms with Crippen molar-refractivity contribution < 1.29 is 37.7 Å². The molecule has 3 rings (SSSR count). The summed E-state index contributed by atoms with van der Waals surface area (Å²) in [5, 5.41) is 13.3. The summed E-state index contributed by atoms with van der Waals surface area (Å²) < 4.78 is 37.1. The number of carboxylic acid groups (broad SMARTS) is 1. The molecule has 1 aliphatic carbocycles. The lowest BCUT2D eigenvalue weighted by molar-refractivity contribution is -0.145. The van der Waals surface area contributed by atoms with Crippen LogP contribution >= 0.6 is 0 Å². The average molecular weight is 476 g/mol. The van der Waals surface area contributed by atoms with E-state index in [-0.39, 0.29) is 12.5 Å². The van der Waals surface area contributed by atoms with Gasteiger partial charge in [-0.3, -0.25) is 4.79 Å². The molecule has 0 bridgehead atoms. The van der Waals surface area contributed by atoms with Crippen LogP contribution in [0.4, 0.5) is 13.6 Å². The van der Waals surface area contributed by atoms with Crippen LogP contribution in [-0.2, 0) is 19.1 Å². The first-order valence-electron chi connectivity index (χ1n) is 10.7. The summed E-state index contributed by atoms with van der Waals surface area (Å²) >= 11 is 0. The number of hydrogen-bond donors (Lipinski definition) is 3. The first-order valence-corrected chi connectivity index (χ1v) is 10.7. The molecule has 3 unspecified atom stereocenters. The lowest BCUT2D eigenvalue weighted by Crippen LogP contribution is -2.51. The molecule has 0 spiro atoms. The number of nitrogens with one attached hydrogen (secondary N) is 2. The molecule has 3 atom stereocenters. The van der Waals surface area contributed by atoms with Crippen LogP contribution in [0.3, 0.4) is 0 Å². The van der Waals surface area contributed by atoms with E-state index in [4.69, 9.17) is 9.47 Å². The van der Waals surface area contributed by atoms with Crippen molar-refractivity contribution in [2.75, 3.05) is 13.7 Å². The lowest BCUT2D eigenvalue weighted by Gasteiger charge is -2.22. The minimum absolute atomic E-state index is 0.0749. The maximum Gasteiger partial charge on any atom is 0.407 e. The van der Waals surface area contributed by atoms with Gasteiger partial charge in [0, 0.05) is 13.0 Å². The van der Waals surface area contributed by atoms with E-state index in [1.54, 1.807) is 0 Å². The van der Waals surface area contributed by atoms with Crippen LogP contribution in [0.5, 0.6) is 0 Å². The van der Waals surface area contributed by atoms with Crippen LogP contribution in [0.15, 0.2) is 48.5 Å². The van der Waals surface area contributed by atoms with E-state index in [0.717, 1.165) is 22.3 Å². The van der Waals surface area contributed by atoms with E-state index in [1.165, 1.54) is 14.0 Å². The van der Waals surface area contributed by atoms with E-state index in [1.807, 2.05) is 53.8 Å². The highest BCUT2D eigenvalue weighted by Gasteiger charge is 2.32. The standard InChI is InChI=1S/C24H26F2N2O6/c1-13(33-2)21(23(30)31)28-20(29)11-19(22(25)26)27-24(32)34-12-18-16-9-5-3-7-14(16)15-8-4-6-10-17(15)18/h3-10,13,18-19,21-22H,11-12H2,1-2H3,(H,27,32)(H,28,29)(H,30,31). The third-order valence-electron chi connectivity index (χ3n) is 5.78. The number of ether oxygens (including phenoxy) is 2. The van der Waals surface area contributed by atoms with Crippen LogP contribution in [0, 0.1) is 0 Å². The second-order valence-electron chi connectivity index (χ2n) is 7.94. The molecular formula is C24H26F2N2O6. The summed E-state index contributed by atoms with van der Waals surface area (Å²) in [7, 11) is 1.26. The number of aliphatic carboxylic acids is 1. The number of fused-ring (bicyclic) bond motifs is 3. The molecule has 8 nitrogen and oxygen atoms in total. The Labute approximate surface area is 195 Å². The summed E-state index contributed by atoms with van der Waals surface area (Å²) in [6.07, 6.45) is -5.89. The molecule has 0 saturated heterocycles. The smallest absolute Gasteiger partial charge is 0.407 e. The van der Waals surface area contributed by atoms with Gasteiger partial charge in [0.05, 0.1) is 12.5 Å². The van der Waals surface area contributed by atoms with Gasteiger partial charge in [-0.25, -0.2) is 18.4 Å². The van der Waals surface area contributed by atoms with Crippen molar-refractivity contribution in [2.45, 2.75) is 43.9 Å². The summed E-state index contributed by atoms with van der Waals surface area (Å²) in [6, 6.07) is 12.1. The quantitative estimate of drug-likeness (QED) is 0.486.